The molecule has 0 spiro atoms. The number of Topliss-reactive ketones (excluding diaryl/α,β-unsaturated/α-hetero) is 1. The van der Waals surface area contributed by atoms with Gasteiger partial charge in [0, 0.05) is 30.4 Å². The first-order valence-corrected chi connectivity index (χ1v) is 9.61. The highest BCUT2D eigenvalue weighted by Crippen LogP contribution is 2.25. The van der Waals surface area contributed by atoms with Crippen LogP contribution in [-0.2, 0) is 17.9 Å². The minimum atomic E-state index is 0.0422. The van der Waals surface area contributed by atoms with Crippen molar-refractivity contribution >= 4 is 17.1 Å². The Morgan fingerprint density at radius 1 is 1.16 bits per heavy atom. The number of nitrogens with zero attached hydrogens (tertiary/aromatic N) is 1. The molecule has 2 heterocycles. The Balaban J connectivity index is 1.55. The van der Waals surface area contributed by atoms with Gasteiger partial charge in [0.15, 0.2) is 5.78 Å². The van der Waals surface area contributed by atoms with Crippen LogP contribution in [0.2, 0.25) is 0 Å². The smallest absolute Gasteiger partial charge is 0.164 e. The second-order valence-electron chi connectivity index (χ2n) is 6.76. The molecule has 1 saturated heterocycles. The van der Waals surface area contributed by atoms with Crippen molar-refractivity contribution in [3.63, 3.8) is 0 Å². The van der Waals surface area contributed by atoms with Crippen molar-refractivity contribution in [1.29, 1.82) is 0 Å². The minimum Gasteiger partial charge on any atom is -0.487 e. The lowest BCUT2D eigenvalue weighted by atomic mass is 10.1. The van der Waals surface area contributed by atoms with E-state index in [2.05, 4.69) is 43.0 Å². The summed E-state index contributed by atoms with van der Waals surface area (Å²) < 4.78 is 11.6. The highest BCUT2D eigenvalue weighted by molar-refractivity contribution is 7.08. The Kier molecular flexibility index (Phi) is 5.89. The lowest BCUT2D eigenvalue weighted by molar-refractivity contribution is -0.0704. The lowest BCUT2D eigenvalue weighted by Gasteiger charge is -2.35. The van der Waals surface area contributed by atoms with E-state index < -0.39 is 0 Å². The maximum Gasteiger partial charge on any atom is 0.164 e. The van der Waals surface area contributed by atoms with Crippen LogP contribution in [0.15, 0.2) is 35.0 Å². The van der Waals surface area contributed by atoms with Crippen LogP contribution in [-0.4, -0.2) is 36.0 Å². The quantitative estimate of drug-likeness (QED) is 0.727. The Morgan fingerprint density at radius 2 is 1.80 bits per heavy atom. The third-order valence-corrected chi connectivity index (χ3v) is 5.05. The van der Waals surface area contributed by atoms with E-state index in [0.29, 0.717) is 17.9 Å². The summed E-state index contributed by atoms with van der Waals surface area (Å²) in [6.45, 7) is 9.19. The molecule has 0 unspecified atom stereocenters. The van der Waals surface area contributed by atoms with Crippen LogP contribution < -0.4 is 4.74 Å². The summed E-state index contributed by atoms with van der Waals surface area (Å²) in [5.74, 6) is 0.721. The molecule has 2 aromatic rings. The molecule has 0 radical (unpaired) electrons. The number of carbonyl (C=O) groups is 1. The van der Waals surface area contributed by atoms with Crippen LogP contribution in [0.25, 0.3) is 0 Å². The van der Waals surface area contributed by atoms with Crippen LogP contribution >= 0.6 is 11.3 Å². The van der Waals surface area contributed by atoms with Gasteiger partial charge in [0.05, 0.1) is 17.8 Å². The number of ketones is 1. The molecule has 0 amide bonds. The fourth-order valence-corrected chi connectivity index (χ4v) is 4.03. The van der Waals surface area contributed by atoms with E-state index in [0.717, 1.165) is 25.2 Å². The van der Waals surface area contributed by atoms with Gasteiger partial charge in [0.1, 0.15) is 12.4 Å². The third-order valence-electron chi connectivity index (χ3n) is 4.32. The summed E-state index contributed by atoms with van der Waals surface area (Å²) in [5.41, 5.74) is 3.07. The maximum atomic E-state index is 11.5. The van der Waals surface area contributed by atoms with E-state index in [1.807, 2.05) is 10.8 Å². The first kappa shape index (κ1) is 18.1. The van der Waals surface area contributed by atoms with Gasteiger partial charge < -0.3 is 9.47 Å². The van der Waals surface area contributed by atoms with Gasteiger partial charge in [0.2, 0.25) is 0 Å². The van der Waals surface area contributed by atoms with Crippen LogP contribution in [0, 0.1) is 0 Å². The molecule has 3 rings (SSSR count). The number of morpholine rings is 1. The zero-order valence-electron chi connectivity index (χ0n) is 15.0. The van der Waals surface area contributed by atoms with Crippen molar-refractivity contribution < 1.29 is 14.3 Å². The average Bonchev–Trinajstić information content (AvgIpc) is 3.02. The molecule has 1 aliphatic rings. The van der Waals surface area contributed by atoms with Crippen molar-refractivity contribution in [2.45, 2.75) is 46.1 Å². The van der Waals surface area contributed by atoms with Crippen molar-refractivity contribution in [3.05, 3.63) is 51.7 Å². The number of thiophene rings is 1. The van der Waals surface area contributed by atoms with Crippen molar-refractivity contribution in [2.75, 3.05) is 13.1 Å². The molecule has 5 heteroatoms. The molecule has 0 bridgehead atoms. The Bertz CT molecular complexity index is 700. The molecule has 4 nitrogen and oxygen atoms in total. The topological polar surface area (TPSA) is 38.8 Å². The molecule has 0 saturated carbocycles. The number of rotatable bonds is 6. The number of hydrogen-bond acceptors (Lipinski definition) is 5. The van der Waals surface area contributed by atoms with Gasteiger partial charge in [-0.15, -0.1) is 11.3 Å². The van der Waals surface area contributed by atoms with Crippen LogP contribution in [0.5, 0.6) is 5.75 Å². The SMILES string of the molecule is CC(=O)c1cscc1OCc1ccc(CN2C[C@@H](C)O[C@@H](C)C2)cc1. The molecule has 1 aromatic heterocycles. The first-order chi connectivity index (χ1) is 12.0. The normalized spacial score (nSPS) is 21.2. The van der Waals surface area contributed by atoms with Gasteiger partial charge in [-0.3, -0.25) is 9.69 Å². The molecule has 25 heavy (non-hydrogen) atoms. The molecule has 2 atom stereocenters. The molecule has 1 aliphatic heterocycles. The van der Waals surface area contributed by atoms with Crippen molar-refractivity contribution in [2.24, 2.45) is 0 Å². The largest absolute Gasteiger partial charge is 0.487 e. The Labute approximate surface area is 153 Å². The number of carbonyl (C=O) groups excluding carboxylic acids is 1. The number of hydrogen-bond donors (Lipinski definition) is 0. The van der Waals surface area contributed by atoms with Crippen LogP contribution in [0.1, 0.15) is 42.3 Å². The summed E-state index contributed by atoms with van der Waals surface area (Å²) in [7, 11) is 0. The van der Waals surface area contributed by atoms with E-state index in [1.54, 1.807) is 6.92 Å². The van der Waals surface area contributed by atoms with Crippen molar-refractivity contribution in [1.82, 2.24) is 4.90 Å². The van der Waals surface area contributed by atoms with E-state index in [1.165, 1.54) is 16.9 Å². The molecule has 1 fully saturated rings. The van der Waals surface area contributed by atoms with Gasteiger partial charge in [-0.2, -0.15) is 0 Å². The first-order valence-electron chi connectivity index (χ1n) is 8.67. The average molecular weight is 359 g/mol. The third kappa shape index (κ3) is 4.91. The van der Waals surface area contributed by atoms with Gasteiger partial charge >= 0.3 is 0 Å². The zero-order valence-corrected chi connectivity index (χ0v) is 15.8. The van der Waals surface area contributed by atoms with Gasteiger partial charge in [-0.25, -0.2) is 0 Å². The molecule has 0 N–H and O–H groups in total. The predicted octanol–water partition coefficient (Wildman–Crippen LogP) is 4.14. The second-order valence-corrected chi connectivity index (χ2v) is 7.51. The van der Waals surface area contributed by atoms with Crippen LogP contribution in [0.3, 0.4) is 0 Å². The molecule has 134 valence electrons. The van der Waals surface area contributed by atoms with E-state index in [9.17, 15) is 4.79 Å². The molecule has 0 aliphatic carbocycles. The molecular formula is C20H25NO3S. The van der Waals surface area contributed by atoms with Gasteiger partial charge in [-0.05, 0) is 31.9 Å². The van der Waals surface area contributed by atoms with Gasteiger partial charge in [0.25, 0.3) is 0 Å². The fourth-order valence-electron chi connectivity index (χ4n) is 3.23. The summed E-state index contributed by atoms with van der Waals surface area (Å²) >= 11 is 1.49. The summed E-state index contributed by atoms with van der Waals surface area (Å²) in [4.78, 5) is 14.0. The van der Waals surface area contributed by atoms with Crippen LogP contribution in [0.4, 0.5) is 0 Å². The highest BCUT2D eigenvalue weighted by atomic mass is 32.1. The minimum absolute atomic E-state index is 0.0422. The molecule has 1 aromatic carbocycles. The Hall–Kier alpha value is -1.69. The highest BCUT2D eigenvalue weighted by Gasteiger charge is 2.21. The number of benzene rings is 1. The van der Waals surface area contributed by atoms with E-state index >= 15 is 0 Å². The summed E-state index contributed by atoms with van der Waals surface area (Å²) in [6, 6.07) is 8.51. The zero-order chi connectivity index (χ0) is 17.8. The molecular weight excluding hydrogens is 334 g/mol. The predicted molar refractivity (Wildman–Crippen MR) is 100 cm³/mol. The standard InChI is InChI=1S/C20H25NO3S/c1-14-8-21(9-15(2)24-14)10-17-4-6-18(7-5-17)11-23-20-13-25-12-19(20)16(3)22/h4-7,12-15H,8-11H2,1-3H3/t14-,15+. The monoisotopic (exact) mass is 359 g/mol. The maximum absolute atomic E-state index is 11.5. The van der Waals surface area contributed by atoms with Gasteiger partial charge in [-0.1, -0.05) is 24.3 Å². The van der Waals surface area contributed by atoms with Crippen molar-refractivity contribution in [3.8, 4) is 5.75 Å². The number of ether oxygens (including phenoxy) is 2. The summed E-state index contributed by atoms with van der Waals surface area (Å²) in [6.07, 6.45) is 0.579. The lowest BCUT2D eigenvalue weighted by Crippen LogP contribution is -2.44. The summed E-state index contributed by atoms with van der Waals surface area (Å²) in [5, 5.41) is 3.72. The van der Waals surface area contributed by atoms with E-state index in [4.69, 9.17) is 9.47 Å². The fraction of sp³-hybridized carbons (Fsp3) is 0.450. The van der Waals surface area contributed by atoms with E-state index in [-0.39, 0.29) is 18.0 Å². The second kappa shape index (κ2) is 8.13. The Morgan fingerprint density at radius 3 is 2.44 bits per heavy atom.